The normalized spacial score (nSPS) is 10.9. The molecule has 0 aromatic heterocycles. The SMILES string of the molecule is COc1ccc(NC(=O)CNc2cc(S(C)(=O)=O)ccc2C)c(OC)c1. The molecule has 1 amide bonds. The average molecular weight is 378 g/mol. The summed E-state index contributed by atoms with van der Waals surface area (Å²) >= 11 is 0. The average Bonchev–Trinajstić information content (AvgIpc) is 2.60. The van der Waals surface area contributed by atoms with Crippen molar-refractivity contribution in [1.82, 2.24) is 0 Å². The molecule has 2 aromatic rings. The van der Waals surface area contributed by atoms with Crippen molar-refractivity contribution in [2.24, 2.45) is 0 Å². The number of rotatable bonds is 7. The first-order valence-electron chi connectivity index (χ1n) is 7.81. The fraction of sp³-hybridized carbons (Fsp3) is 0.278. The molecular weight excluding hydrogens is 356 g/mol. The van der Waals surface area contributed by atoms with E-state index in [-0.39, 0.29) is 17.3 Å². The number of carbonyl (C=O) groups excluding carboxylic acids is 1. The molecule has 0 spiro atoms. The first-order chi connectivity index (χ1) is 12.2. The topological polar surface area (TPSA) is 93.7 Å². The Balaban J connectivity index is 2.08. The molecule has 8 heteroatoms. The van der Waals surface area contributed by atoms with Crippen LogP contribution in [0.2, 0.25) is 0 Å². The van der Waals surface area contributed by atoms with Crippen LogP contribution in [-0.4, -0.2) is 41.3 Å². The minimum Gasteiger partial charge on any atom is -0.497 e. The van der Waals surface area contributed by atoms with Crippen LogP contribution in [0.5, 0.6) is 11.5 Å². The van der Waals surface area contributed by atoms with Crippen molar-refractivity contribution in [2.75, 3.05) is 37.7 Å². The number of nitrogens with one attached hydrogen (secondary N) is 2. The second-order valence-electron chi connectivity index (χ2n) is 5.72. The van der Waals surface area contributed by atoms with E-state index in [9.17, 15) is 13.2 Å². The van der Waals surface area contributed by atoms with Crippen molar-refractivity contribution in [1.29, 1.82) is 0 Å². The Labute approximate surface area is 153 Å². The molecule has 0 aliphatic heterocycles. The molecule has 0 unspecified atom stereocenters. The highest BCUT2D eigenvalue weighted by Crippen LogP contribution is 2.29. The zero-order valence-electron chi connectivity index (χ0n) is 15.1. The lowest BCUT2D eigenvalue weighted by Crippen LogP contribution is -2.22. The molecular formula is C18H22N2O5S. The third kappa shape index (κ3) is 4.89. The van der Waals surface area contributed by atoms with E-state index in [1.165, 1.54) is 19.2 Å². The summed E-state index contributed by atoms with van der Waals surface area (Å²) in [6, 6.07) is 9.83. The van der Waals surface area contributed by atoms with Gasteiger partial charge in [0, 0.05) is 18.0 Å². The molecule has 2 rings (SSSR count). The van der Waals surface area contributed by atoms with E-state index in [4.69, 9.17) is 9.47 Å². The van der Waals surface area contributed by atoms with Crippen molar-refractivity contribution < 1.29 is 22.7 Å². The summed E-state index contributed by atoms with van der Waals surface area (Å²) in [5.74, 6) is 0.803. The Bertz CT molecular complexity index is 910. The number of ether oxygens (including phenoxy) is 2. The maximum Gasteiger partial charge on any atom is 0.243 e. The van der Waals surface area contributed by atoms with Crippen molar-refractivity contribution in [3.05, 3.63) is 42.0 Å². The second-order valence-corrected chi connectivity index (χ2v) is 7.73. The van der Waals surface area contributed by atoms with E-state index >= 15 is 0 Å². The highest BCUT2D eigenvalue weighted by atomic mass is 32.2. The molecule has 0 fully saturated rings. The lowest BCUT2D eigenvalue weighted by atomic mass is 10.2. The Kier molecular flexibility index (Phi) is 6.10. The number of sulfone groups is 1. The maximum absolute atomic E-state index is 12.2. The zero-order valence-corrected chi connectivity index (χ0v) is 15.9. The number of amides is 1. The second kappa shape index (κ2) is 8.09. The van der Waals surface area contributed by atoms with E-state index in [1.54, 1.807) is 31.4 Å². The van der Waals surface area contributed by atoms with Gasteiger partial charge in [-0.1, -0.05) is 6.07 Å². The Hall–Kier alpha value is -2.74. The van der Waals surface area contributed by atoms with E-state index in [0.717, 1.165) is 11.8 Å². The monoisotopic (exact) mass is 378 g/mol. The van der Waals surface area contributed by atoms with Gasteiger partial charge < -0.3 is 20.1 Å². The number of hydrogen-bond acceptors (Lipinski definition) is 6. The van der Waals surface area contributed by atoms with Crippen LogP contribution in [0.4, 0.5) is 11.4 Å². The fourth-order valence-corrected chi connectivity index (χ4v) is 2.94. The molecule has 0 aliphatic rings. The summed E-state index contributed by atoms with van der Waals surface area (Å²) in [4.78, 5) is 12.4. The van der Waals surface area contributed by atoms with Gasteiger partial charge in [-0.25, -0.2) is 8.42 Å². The van der Waals surface area contributed by atoms with Gasteiger partial charge in [0.25, 0.3) is 0 Å². The van der Waals surface area contributed by atoms with Crippen LogP contribution in [0, 0.1) is 6.92 Å². The summed E-state index contributed by atoms with van der Waals surface area (Å²) in [5.41, 5.74) is 1.94. The number of anilines is 2. The largest absolute Gasteiger partial charge is 0.497 e. The molecule has 2 N–H and O–H groups in total. The van der Waals surface area contributed by atoms with Crippen LogP contribution in [0.3, 0.4) is 0 Å². The van der Waals surface area contributed by atoms with Crippen LogP contribution in [0.25, 0.3) is 0 Å². The minimum atomic E-state index is -3.31. The van der Waals surface area contributed by atoms with E-state index in [1.807, 2.05) is 6.92 Å². The maximum atomic E-state index is 12.2. The Morgan fingerprint density at radius 2 is 1.77 bits per heavy atom. The lowest BCUT2D eigenvalue weighted by molar-refractivity contribution is -0.114. The van der Waals surface area contributed by atoms with Gasteiger partial charge in [0.1, 0.15) is 11.5 Å². The van der Waals surface area contributed by atoms with Gasteiger partial charge in [0.2, 0.25) is 5.91 Å². The molecule has 0 radical (unpaired) electrons. The third-order valence-corrected chi connectivity index (χ3v) is 4.87. The molecule has 0 heterocycles. The molecule has 2 aromatic carbocycles. The van der Waals surface area contributed by atoms with Crippen LogP contribution >= 0.6 is 0 Å². The van der Waals surface area contributed by atoms with Gasteiger partial charge >= 0.3 is 0 Å². The van der Waals surface area contributed by atoms with E-state index in [2.05, 4.69) is 10.6 Å². The van der Waals surface area contributed by atoms with Crippen LogP contribution in [0.1, 0.15) is 5.56 Å². The third-order valence-electron chi connectivity index (χ3n) is 3.76. The number of carbonyl (C=O) groups is 1. The Morgan fingerprint density at radius 3 is 2.38 bits per heavy atom. The minimum absolute atomic E-state index is 0.0246. The highest BCUT2D eigenvalue weighted by molar-refractivity contribution is 7.90. The van der Waals surface area contributed by atoms with E-state index in [0.29, 0.717) is 22.9 Å². The number of aryl methyl sites for hydroxylation is 1. The summed E-state index contributed by atoms with van der Waals surface area (Å²) < 4.78 is 33.7. The number of hydrogen-bond donors (Lipinski definition) is 2. The van der Waals surface area contributed by atoms with Crippen molar-refractivity contribution >= 4 is 27.1 Å². The first-order valence-corrected chi connectivity index (χ1v) is 9.70. The molecule has 7 nitrogen and oxygen atoms in total. The Morgan fingerprint density at radius 1 is 1.04 bits per heavy atom. The van der Waals surface area contributed by atoms with E-state index < -0.39 is 9.84 Å². The zero-order chi connectivity index (χ0) is 19.3. The number of methoxy groups -OCH3 is 2. The van der Waals surface area contributed by atoms with Gasteiger partial charge in [-0.2, -0.15) is 0 Å². The van der Waals surface area contributed by atoms with Crippen molar-refractivity contribution in [3.8, 4) is 11.5 Å². The standard InChI is InChI=1S/C18H22N2O5S/c1-12-5-7-14(26(4,22)23)10-16(12)19-11-18(21)20-15-8-6-13(24-2)9-17(15)25-3/h5-10,19H,11H2,1-4H3,(H,20,21). The molecule has 0 bridgehead atoms. The quantitative estimate of drug-likeness (QED) is 0.769. The molecule has 0 atom stereocenters. The van der Waals surface area contributed by atoms with Crippen LogP contribution < -0.4 is 20.1 Å². The predicted molar refractivity (Wildman–Crippen MR) is 101 cm³/mol. The highest BCUT2D eigenvalue weighted by Gasteiger charge is 2.12. The molecule has 0 saturated carbocycles. The summed E-state index contributed by atoms with van der Waals surface area (Å²) in [6.07, 6.45) is 1.14. The molecule has 0 saturated heterocycles. The lowest BCUT2D eigenvalue weighted by Gasteiger charge is -2.13. The van der Waals surface area contributed by atoms with Crippen molar-refractivity contribution in [3.63, 3.8) is 0 Å². The van der Waals surface area contributed by atoms with Gasteiger partial charge in [-0.15, -0.1) is 0 Å². The van der Waals surface area contributed by atoms with Crippen LogP contribution in [-0.2, 0) is 14.6 Å². The first kappa shape index (κ1) is 19.6. The molecule has 0 aliphatic carbocycles. The molecule has 26 heavy (non-hydrogen) atoms. The van der Waals surface area contributed by atoms with Gasteiger partial charge in [0.05, 0.1) is 31.3 Å². The smallest absolute Gasteiger partial charge is 0.243 e. The molecule has 140 valence electrons. The summed E-state index contributed by atoms with van der Waals surface area (Å²) in [7, 11) is -0.266. The summed E-state index contributed by atoms with van der Waals surface area (Å²) in [6.45, 7) is 1.81. The fourth-order valence-electron chi connectivity index (χ4n) is 2.29. The van der Waals surface area contributed by atoms with Gasteiger partial charge in [-0.05, 0) is 36.8 Å². The van der Waals surface area contributed by atoms with Crippen molar-refractivity contribution in [2.45, 2.75) is 11.8 Å². The van der Waals surface area contributed by atoms with Gasteiger partial charge in [-0.3, -0.25) is 4.79 Å². The van der Waals surface area contributed by atoms with Gasteiger partial charge in [0.15, 0.2) is 9.84 Å². The van der Waals surface area contributed by atoms with Crippen LogP contribution in [0.15, 0.2) is 41.3 Å². The number of benzene rings is 2. The predicted octanol–water partition coefficient (Wildman–Crippen LogP) is 2.47. The summed E-state index contributed by atoms with van der Waals surface area (Å²) in [5, 5.41) is 5.71.